The van der Waals surface area contributed by atoms with Crippen LogP contribution in [0.5, 0.6) is 0 Å². The summed E-state index contributed by atoms with van der Waals surface area (Å²) >= 11 is 0. The summed E-state index contributed by atoms with van der Waals surface area (Å²) in [5.74, 6) is 0.0763. The summed E-state index contributed by atoms with van der Waals surface area (Å²) in [4.78, 5) is 30.0. The molecule has 1 atom stereocenters. The number of likely N-dealkylation sites (tertiary alicyclic amines) is 1. The van der Waals surface area contributed by atoms with Gasteiger partial charge in [0.1, 0.15) is 0 Å². The molecule has 1 aromatic heterocycles. The van der Waals surface area contributed by atoms with Crippen molar-refractivity contribution in [1.82, 2.24) is 15.2 Å². The summed E-state index contributed by atoms with van der Waals surface area (Å²) in [5.41, 5.74) is 1.72. The molecule has 2 amide bonds. The SMILES string of the molecule is O=C(NC1CC1)C1CCCN(C(=O)c2ccc3[nH]ccc3c2)C1. The third kappa shape index (κ3) is 2.96. The molecule has 5 nitrogen and oxygen atoms in total. The fraction of sp³-hybridized carbons (Fsp3) is 0.444. The topological polar surface area (TPSA) is 65.2 Å². The second-order valence-corrected chi connectivity index (χ2v) is 6.65. The number of hydrogen-bond acceptors (Lipinski definition) is 2. The van der Waals surface area contributed by atoms with E-state index in [1.54, 1.807) is 0 Å². The van der Waals surface area contributed by atoms with E-state index in [0.717, 1.165) is 43.1 Å². The first kappa shape index (κ1) is 14.3. The van der Waals surface area contributed by atoms with Crippen LogP contribution in [0.25, 0.3) is 10.9 Å². The molecule has 0 radical (unpaired) electrons. The number of aromatic nitrogens is 1. The van der Waals surface area contributed by atoms with Crippen LogP contribution >= 0.6 is 0 Å². The van der Waals surface area contributed by atoms with Gasteiger partial charge in [0.05, 0.1) is 5.92 Å². The van der Waals surface area contributed by atoms with Gasteiger partial charge in [-0.25, -0.2) is 0 Å². The number of nitrogens with zero attached hydrogens (tertiary/aromatic N) is 1. The maximum absolute atomic E-state index is 12.8. The minimum Gasteiger partial charge on any atom is -0.361 e. The number of benzene rings is 1. The van der Waals surface area contributed by atoms with Gasteiger partial charge in [0, 0.05) is 41.8 Å². The number of piperidine rings is 1. The minimum absolute atomic E-state index is 0.0250. The second kappa shape index (κ2) is 5.72. The molecule has 1 aliphatic heterocycles. The number of amides is 2. The molecular formula is C18H21N3O2. The maximum Gasteiger partial charge on any atom is 0.253 e. The Morgan fingerprint density at radius 3 is 2.87 bits per heavy atom. The van der Waals surface area contributed by atoms with Crippen LogP contribution in [0.1, 0.15) is 36.0 Å². The van der Waals surface area contributed by atoms with Crippen LogP contribution in [0.4, 0.5) is 0 Å². The number of carbonyl (C=O) groups is 2. The van der Waals surface area contributed by atoms with Crippen LogP contribution in [0.2, 0.25) is 0 Å². The highest BCUT2D eigenvalue weighted by Gasteiger charge is 2.32. The molecule has 1 unspecified atom stereocenters. The van der Waals surface area contributed by atoms with E-state index in [-0.39, 0.29) is 17.7 Å². The van der Waals surface area contributed by atoms with Crippen molar-refractivity contribution in [3.8, 4) is 0 Å². The number of nitrogens with one attached hydrogen (secondary N) is 2. The van der Waals surface area contributed by atoms with Crippen LogP contribution in [0.3, 0.4) is 0 Å². The van der Waals surface area contributed by atoms with E-state index >= 15 is 0 Å². The first-order chi connectivity index (χ1) is 11.2. The van der Waals surface area contributed by atoms with Crippen LogP contribution in [-0.4, -0.2) is 40.8 Å². The Balaban J connectivity index is 1.47. The Hall–Kier alpha value is -2.30. The zero-order valence-electron chi connectivity index (χ0n) is 13.0. The molecule has 1 saturated heterocycles. The van der Waals surface area contributed by atoms with Crippen LogP contribution in [0.15, 0.2) is 30.5 Å². The molecule has 2 heterocycles. The van der Waals surface area contributed by atoms with Gasteiger partial charge in [0.2, 0.25) is 5.91 Å². The van der Waals surface area contributed by atoms with E-state index in [9.17, 15) is 9.59 Å². The van der Waals surface area contributed by atoms with Gasteiger partial charge in [-0.15, -0.1) is 0 Å². The zero-order chi connectivity index (χ0) is 15.8. The number of H-pyrrole nitrogens is 1. The largest absolute Gasteiger partial charge is 0.361 e. The fourth-order valence-corrected chi connectivity index (χ4v) is 3.29. The van der Waals surface area contributed by atoms with Crippen molar-refractivity contribution in [3.63, 3.8) is 0 Å². The molecular weight excluding hydrogens is 290 g/mol. The highest BCUT2D eigenvalue weighted by atomic mass is 16.2. The molecule has 0 spiro atoms. The van der Waals surface area contributed by atoms with Gasteiger partial charge in [-0.2, -0.15) is 0 Å². The molecule has 120 valence electrons. The van der Waals surface area contributed by atoms with Gasteiger partial charge < -0.3 is 15.2 Å². The monoisotopic (exact) mass is 311 g/mol. The molecule has 2 aromatic rings. The smallest absolute Gasteiger partial charge is 0.253 e. The third-order valence-corrected chi connectivity index (χ3v) is 4.80. The Kier molecular flexibility index (Phi) is 3.56. The Bertz CT molecular complexity index is 748. The summed E-state index contributed by atoms with van der Waals surface area (Å²) in [7, 11) is 0. The maximum atomic E-state index is 12.8. The van der Waals surface area contributed by atoms with Gasteiger partial charge in [-0.3, -0.25) is 9.59 Å². The van der Waals surface area contributed by atoms with E-state index in [0.29, 0.717) is 18.2 Å². The van der Waals surface area contributed by atoms with Crippen molar-refractivity contribution in [3.05, 3.63) is 36.0 Å². The van der Waals surface area contributed by atoms with Crippen molar-refractivity contribution in [2.24, 2.45) is 5.92 Å². The van der Waals surface area contributed by atoms with E-state index in [4.69, 9.17) is 0 Å². The highest BCUT2D eigenvalue weighted by molar-refractivity contribution is 5.98. The summed E-state index contributed by atoms with van der Waals surface area (Å²) in [6.45, 7) is 1.26. The molecule has 23 heavy (non-hydrogen) atoms. The van der Waals surface area contributed by atoms with Gasteiger partial charge in [0.15, 0.2) is 0 Å². The second-order valence-electron chi connectivity index (χ2n) is 6.65. The quantitative estimate of drug-likeness (QED) is 0.913. The summed E-state index contributed by atoms with van der Waals surface area (Å²) in [6.07, 6.45) is 5.83. The Morgan fingerprint density at radius 1 is 1.17 bits per heavy atom. The van der Waals surface area contributed by atoms with Crippen molar-refractivity contribution < 1.29 is 9.59 Å². The molecule has 4 rings (SSSR count). The lowest BCUT2D eigenvalue weighted by atomic mass is 9.96. The Labute approximate surface area is 135 Å². The molecule has 5 heteroatoms. The number of aromatic amines is 1. The summed E-state index contributed by atoms with van der Waals surface area (Å²) < 4.78 is 0. The first-order valence-corrected chi connectivity index (χ1v) is 8.37. The summed E-state index contributed by atoms with van der Waals surface area (Å²) in [6, 6.07) is 8.05. The van der Waals surface area contributed by atoms with E-state index in [1.807, 2.05) is 35.4 Å². The zero-order valence-corrected chi connectivity index (χ0v) is 13.0. The van der Waals surface area contributed by atoms with Crippen LogP contribution in [0, 0.1) is 5.92 Å². The molecule has 1 saturated carbocycles. The van der Waals surface area contributed by atoms with E-state index < -0.39 is 0 Å². The predicted octanol–water partition coefficient (Wildman–Crippen LogP) is 2.30. The third-order valence-electron chi connectivity index (χ3n) is 4.80. The van der Waals surface area contributed by atoms with Gasteiger partial charge in [-0.1, -0.05) is 0 Å². The van der Waals surface area contributed by atoms with E-state index in [2.05, 4.69) is 10.3 Å². The van der Waals surface area contributed by atoms with Gasteiger partial charge in [-0.05, 0) is 49.9 Å². The Morgan fingerprint density at radius 2 is 2.04 bits per heavy atom. The minimum atomic E-state index is -0.0655. The van der Waals surface area contributed by atoms with Crippen molar-refractivity contribution in [2.75, 3.05) is 13.1 Å². The van der Waals surface area contributed by atoms with Crippen LogP contribution < -0.4 is 5.32 Å². The van der Waals surface area contributed by atoms with Crippen molar-refractivity contribution in [2.45, 2.75) is 31.7 Å². The molecule has 1 aromatic carbocycles. The normalized spacial score (nSPS) is 21.4. The lowest BCUT2D eigenvalue weighted by Gasteiger charge is -2.32. The average molecular weight is 311 g/mol. The standard InChI is InChI=1S/C18H21N3O2/c22-17(20-15-4-5-15)14-2-1-9-21(11-14)18(23)13-3-6-16-12(10-13)7-8-19-16/h3,6-8,10,14-15,19H,1-2,4-5,9,11H2,(H,20,22). The number of carbonyl (C=O) groups excluding carboxylic acids is 2. The van der Waals surface area contributed by atoms with Gasteiger partial charge >= 0.3 is 0 Å². The molecule has 0 bridgehead atoms. The highest BCUT2D eigenvalue weighted by Crippen LogP contribution is 2.23. The van der Waals surface area contributed by atoms with Crippen molar-refractivity contribution in [1.29, 1.82) is 0 Å². The predicted molar refractivity (Wildman–Crippen MR) is 88.1 cm³/mol. The summed E-state index contributed by atoms with van der Waals surface area (Å²) in [5, 5.41) is 4.10. The molecule has 2 N–H and O–H groups in total. The average Bonchev–Trinajstić information content (AvgIpc) is 3.27. The lowest BCUT2D eigenvalue weighted by Crippen LogP contribution is -2.45. The fourth-order valence-electron chi connectivity index (χ4n) is 3.29. The van der Waals surface area contributed by atoms with E-state index in [1.165, 1.54) is 0 Å². The number of rotatable bonds is 3. The van der Waals surface area contributed by atoms with Crippen LogP contribution in [-0.2, 0) is 4.79 Å². The molecule has 2 fully saturated rings. The molecule has 2 aliphatic rings. The lowest BCUT2D eigenvalue weighted by molar-refractivity contribution is -0.126. The van der Waals surface area contributed by atoms with Gasteiger partial charge in [0.25, 0.3) is 5.91 Å². The van der Waals surface area contributed by atoms with Crippen molar-refractivity contribution >= 4 is 22.7 Å². The first-order valence-electron chi connectivity index (χ1n) is 8.37. The number of hydrogen-bond donors (Lipinski definition) is 2. The molecule has 1 aliphatic carbocycles. The number of fused-ring (bicyclic) bond motifs is 1.